The van der Waals surface area contributed by atoms with Crippen LogP contribution in [0.25, 0.3) is 0 Å². The highest BCUT2D eigenvalue weighted by Gasteiger charge is 2.28. The van der Waals surface area contributed by atoms with Gasteiger partial charge < -0.3 is 9.88 Å². The fourth-order valence-electron chi connectivity index (χ4n) is 3.14. The van der Waals surface area contributed by atoms with Crippen LogP contribution < -0.4 is 5.32 Å². The van der Waals surface area contributed by atoms with Crippen LogP contribution in [0.2, 0.25) is 0 Å². The fourth-order valence-corrected chi connectivity index (χ4v) is 3.14. The van der Waals surface area contributed by atoms with Crippen LogP contribution in [0.1, 0.15) is 38.9 Å². The number of nitrogens with one attached hydrogen (secondary N) is 1. The Morgan fingerprint density at radius 1 is 1.53 bits per heavy atom. The van der Waals surface area contributed by atoms with Gasteiger partial charge in [-0.1, -0.05) is 13.3 Å². The fraction of sp³-hybridized carbons (Fsp3) is 0.786. The molecule has 0 spiro atoms. The summed E-state index contributed by atoms with van der Waals surface area (Å²) in [6, 6.07) is 0.590. The number of hydrogen-bond donors (Lipinski definition) is 1. The van der Waals surface area contributed by atoms with Crippen molar-refractivity contribution < 1.29 is 0 Å². The maximum Gasteiger partial charge on any atom is 0.110 e. The minimum Gasteiger partial charge on any atom is -0.335 e. The third-order valence-corrected chi connectivity index (χ3v) is 4.22. The highest BCUT2D eigenvalue weighted by Crippen LogP contribution is 2.33. The second-order valence-corrected chi connectivity index (χ2v) is 5.41. The van der Waals surface area contributed by atoms with Crippen LogP contribution in [0.5, 0.6) is 0 Å². The first-order valence-corrected chi connectivity index (χ1v) is 6.91. The second-order valence-electron chi connectivity index (χ2n) is 5.41. The maximum absolute atomic E-state index is 4.49. The number of nitrogens with zero attached hydrogens (tertiary/aromatic N) is 2. The lowest BCUT2D eigenvalue weighted by Gasteiger charge is -2.23. The van der Waals surface area contributed by atoms with E-state index < -0.39 is 0 Å². The van der Waals surface area contributed by atoms with Gasteiger partial charge in [-0.25, -0.2) is 4.98 Å². The largest absolute Gasteiger partial charge is 0.335 e. The van der Waals surface area contributed by atoms with Gasteiger partial charge in [0.15, 0.2) is 0 Å². The van der Waals surface area contributed by atoms with Crippen molar-refractivity contribution in [3.63, 3.8) is 0 Å². The number of aryl methyl sites for hydroxylation is 1. The van der Waals surface area contributed by atoms with Crippen LogP contribution in [0.4, 0.5) is 0 Å². The van der Waals surface area contributed by atoms with Crippen molar-refractivity contribution in [3.05, 3.63) is 18.2 Å². The highest BCUT2D eigenvalue weighted by molar-refractivity contribution is 4.97. The van der Waals surface area contributed by atoms with E-state index in [4.69, 9.17) is 0 Å². The standard InChI is InChI=1S/C14H25N3/c1-4-17-8-7-16-14(17)10-13(15-3)12-6-5-11(2)9-12/h7-8,11-13,15H,4-6,9-10H2,1-3H3. The summed E-state index contributed by atoms with van der Waals surface area (Å²) in [5, 5.41) is 3.50. The number of imidazole rings is 1. The molecule has 3 heteroatoms. The topological polar surface area (TPSA) is 29.9 Å². The van der Waals surface area contributed by atoms with Crippen LogP contribution >= 0.6 is 0 Å². The molecule has 0 bridgehead atoms. The minimum absolute atomic E-state index is 0.590. The van der Waals surface area contributed by atoms with E-state index in [1.165, 1.54) is 25.1 Å². The first-order chi connectivity index (χ1) is 8.24. The third kappa shape index (κ3) is 2.89. The number of hydrogen-bond acceptors (Lipinski definition) is 2. The third-order valence-electron chi connectivity index (χ3n) is 4.22. The van der Waals surface area contributed by atoms with Crippen molar-refractivity contribution in [1.82, 2.24) is 14.9 Å². The average molecular weight is 235 g/mol. The summed E-state index contributed by atoms with van der Waals surface area (Å²) in [6.07, 6.45) is 9.21. The highest BCUT2D eigenvalue weighted by atomic mass is 15.1. The Balaban J connectivity index is 2.00. The van der Waals surface area contributed by atoms with Crippen molar-refractivity contribution in [2.45, 2.75) is 52.1 Å². The molecule has 17 heavy (non-hydrogen) atoms. The summed E-state index contributed by atoms with van der Waals surface area (Å²) >= 11 is 0. The lowest BCUT2D eigenvalue weighted by Crippen LogP contribution is -2.35. The van der Waals surface area contributed by atoms with Gasteiger partial charge in [0, 0.05) is 31.4 Å². The first-order valence-electron chi connectivity index (χ1n) is 6.91. The smallest absolute Gasteiger partial charge is 0.110 e. The number of aromatic nitrogens is 2. The molecule has 3 atom stereocenters. The van der Waals surface area contributed by atoms with Gasteiger partial charge in [-0.2, -0.15) is 0 Å². The zero-order valence-corrected chi connectivity index (χ0v) is 11.3. The molecular formula is C14H25N3. The van der Waals surface area contributed by atoms with E-state index in [9.17, 15) is 0 Å². The molecule has 0 aromatic carbocycles. The van der Waals surface area contributed by atoms with Crippen molar-refractivity contribution in [2.24, 2.45) is 11.8 Å². The average Bonchev–Trinajstić information content (AvgIpc) is 2.94. The molecule has 1 N–H and O–H groups in total. The molecule has 0 amide bonds. The van der Waals surface area contributed by atoms with Gasteiger partial charge in [0.25, 0.3) is 0 Å². The van der Waals surface area contributed by atoms with Gasteiger partial charge in [0.1, 0.15) is 5.82 Å². The SMILES string of the molecule is CCn1ccnc1CC(NC)C1CCC(C)C1. The lowest BCUT2D eigenvalue weighted by molar-refractivity contribution is 0.359. The minimum atomic E-state index is 0.590. The van der Waals surface area contributed by atoms with E-state index in [0.29, 0.717) is 6.04 Å². The molecule has 1 aliphatic rings. The Morgan fingerprint density at radius 2 is 2.35 bits per heavy atom. The zero-order valence-electron chi connectivity index (χ0n) is 11.3. The molecular weight excluding hydrogens is 210 g/mol. The Labute approximate surface area is 105 Å². The molecule has 1 saturated carbocycles. The van der Waals surface area contributed by atoms with Crippen molar-refractivity contribution in [2.75, 3.05) is 7.05 Å². The summed E-state index contributed by atoms with van der Waals surface area (Å²) in [7, 11) is 2.09. The molecule has 1 aromatic rings. The van der Waals surface area contributed by atoms with Crippen molar-refractivity contribution in [3.8, 4) is 0 Å². The van der Waals surface area contributed by atoms with Crippen LogP contribution in [-0.2, 0) is 13.0 Å². The summed E-state index contributed by atoms with van der Waals surface area (Å²) in [5.41, 5.74) is 0. The van der Waals surface area contributed by atoms with Gasteiger partial charge in [-0.3, -0.25) is 0 Å². The van der Waals surface area contributed by atoms with Crippen molar-refractivity contribution >= 4 is 0 Å². The first kappa shape index (κ1) is 12.6. The van der Waals surface area contributed by atoms with Gasteiger partial charge in [0.05, 0.1) is 0 Å². The molecule has 96 valence electrons. The summed E-state index contributed by atoms with van der Waals surface area (Å²) in [6.45, 7) is 5.57. The predicted molar refractivity (Wildman–Crippen MR) is 71.0 cm³/mol. The summed E-state index contributed by atoms with van der Waals surface area (Å²) in [4.78, 5) is 4.49. The number of rotatable bonds is 5. The van der Waals surface area contributed by atoms with E-state index in [2.05, 4.69) is 42.0 Å². The van der Waals surface area contributed by atoms with E-state index in [0.717, 1.165) is 24.8 Å². The van der Waals surface area contributed by atoms with E-state index in [-0.39, 0.29) is 0 Å². The summed E-state index contributed by atoms with van der Waals surface area (Å²) < 4.78 is 2.25. The second kappa shape index (κ2) is 5.67. The molecule has 0 saturated heterocycles. The van der Waals surface area contributed by atoms with Crippen LogP contribution in [0.3, 0.4) is 0 Å². The summed E-state index contributed by atoms with van der Waals surface area (Å²) in [5.74, 6) is 2.96. The van der Waals surface area contributed by atoms with Gasteiger partial charge >= 0.3 is 0 Å². The lowest BCUT2D eigenvalue weighted by atomic mass is 9.94. The van der Waals surface area contributed by atoms with Gasteiger partial charge in [0.2, 0.25) is 0 Å². The molecule has 1 heterocycles. The molecule has 3 unspecified atom stereocenters. The molecule has 0 aliphatic heterocycles. The van der Waals surface area contributed by atoms with Crippen LogP contribution in [-0.4, -0.2) is 22.6 Å². The van der Waals surface area contributed by atoms with Gasteiger partial charge in [-0.15, -0.1) is 0 Å². The Morgan fingerprint density at radius 3 is 2.94 bits per heavy atom. The maximum atomic E-state index is 4.49. The molecule has 1 fully saturated rings. The monoisotopic (exact) mass is 235 g/mol. The molecule has 2 rings (SSSR count). The van der Waals surface area contributed by atoms with E-state index in [1.807, 2.05) is 6.20 Å². The molecule has 3 nitrogen and oxygen atoms in total. The van der Waals surface area contributed by atoms with Crippen LogP contribution in [0.15, 0.2) is 12.4 Å². The quantitative estimate of drug-likeness (QED) is 0.849. The molecule has 0 radical (unpaired) electrons. The van der Waals surface area contributed by atoms with E-state index in [1.54, 1.807) is 0 Å². The molecule has 1 aromatic heterocycles. The Bertz CT molecular complexity index is 345. The molecule has 1 aliphatic carbocycles. The van der Waals surface area contributed by atoms with Gasteiger partial charge in [-0.05, 0) is 38.6 Å². The zero-order chi connectivity index (χ0) is 12.3. The Hall–Kier alpha value is -0.830. The Kier molecular flexibility index (Phi) is 4.21. The van der Waals surface area contributed by atoms with Crippen molar-refractivity contribution in [1.29, 1.82) is 0 Å². The normalized spacial score (nSPS) is 26.3. The number of likely N-dealkylation sites (N-methyl/N-ethyl adjacent to an activating group) is 1. The van der Waals surface area contributed by atoms with E-state index >= 15 is 0 Å². The predicted octanol–water partition coefficient (Wildman–Crippen LogP) is 2.47. The van der Waals surface area contributed by atoms with Crippen LogP contribution in [0, 0.1) is 11.8 Å².